The summed E-state index contributed by atoms with van der Waals surface area (Å²) in [7, 11) is 1.53. The Morgan fingerprint density at radius 3 is 2.44 bits per heavy atom. The molecule has 4 rings (SSSR count). The first-order valence-electron chi connectivity index (χ1n) is 10.6. The maximum atomic E-state index is 12.5. The van der Waals surface area contributed by atoms with Gasteiger partial charge in [-0.15, -0.1) is 0 Å². The summed E-state index contributed by atoms with van der Waals surface area (Å²) in [6, 6.07) is 18.4. The molecule has 0 aliphatic heterocycles. The molecule has 0 radical (unpaired) electrons. The van der Waals surface area contributed by atoms with Crippen LogP contribution >= 0.6 is 0 Å². The molecule has 0 saturated carbocycles. The number of hydrogen-bond acceptors (Lipinski definition) is 6. The first-order valence-corrected chi connectivity index (χ1v) is 10.6. The molecule has 1 aromatic heterocycles. The highest BCUT2D eigenvalue weighted by Gasteiger charge is 2.14. The largest absolute Gasteiger partial charge is 0.507 e. The highest BCUT2D eigenvalue weighted by atomic mass is 16.5. The second-order valence-corrected chi connectivity index (χ2v) is 7.34. The Bertz CT molecular complexity index is 1350. The molecule has 0 aliphatic rings. The molecule has 0 fully saturated rings. The number of aromatic hydroxyl groups is 1. The van der Waals surface area contributed by atoms with E-state index in [0.717, 1.165) is 5.56 Å². The van der Waals surface area contributed by atoms with Crippen molar-refractivity contribution in [3.63, 3.8) is 0 Å². The molecule has 172 valence electrons. The summed E-state index contributed by atoms with van der Waals surface area (Å²) in [6.07, 6.45) is 1.63. The molecular weight excluding hydrogens is 434 g/mol. The first kappa shape index (κ1) is 22.6. The van der Waals surface area contributed by atoms with Crippen molar-refractivity contribution in [3.8, 4) is 22.8 Å². The van der Waals surface area contributed by atoms with Crippen LogP contribution in [0.4, 0.5) is 16.2 Å². The van der Waals surface area contributed by atoms with Crippen LogP contribution in [0.25, 0.3) is 21.9 Å². The molecule has 34 heavy (non-hydrogen) atoms. The molecule has 3 N–H and O–H groups in total. The number of pyridine rings is 1. The Hall–Kier alpha value is -4.59. The maximum absolute atomic E-state index is 12.5. The number of phenols is 1. The summed E-state index contributed by atoms with van der Waals surface area (Å²) >= 11 is 0. The minimum Gasteiger partial charge on any atom is -0.507 e. The van der Waals surface area contributed by atoms with Gasteiger partial charge in [-0.3, -0.25) is 0 Å². The summed E-state index contributed by atoms with van der Waals surface area (Å²) in [5.74, 6) is 0.106. The van der Waals surface area contributed by atoms with Gasteiger partial charge in [0.2, 0.25) is 5.88 Å². The number of carbonyl (C=O) groups excluding carboxylic acids is 2. The van der Waals surface area contributed by atoms with Crippen molar-refractivity contribution < 1.29 is 24.2 Å². The molecule has 8 heteroatoms. The summed E-state index contributed by atoms with van der Waals surface area (Å²) in [4.78, 5) is 28.6. The van der Waals surface area contributed by atoms with Crippen LogP contribution < -0.4 is 15.4 Å². The second-order valence-electron chi connectivity index (χ2n) is 7.34. The van der Waals surface area contributed by atoms with Gasteiger partial charge in [0.25, 0.3) is 0 Å². The number of nitrogens with one attached hydrogen (secondary N) is 2. The van der Waals surface area contributed by atoms with Crippen LogP contribution in [-0.2, 0) is 4.74 Å². The standard InChI is InChI=1S/C26H23N3O5/c1-3-34-25(31)16-10-12-18(13-11-16)28-26(32)29-19-7-4-6-17(14-19)21-15-27-24(33-2)20-8-5-9-22(30)23(20)21/h4-15,30H,3H2,1-2H3,(H2,28,29,32). The number of benzene rings is 3. The Labute approximate surface area is 196 Å². The number of hydrogen-bond donors (Lipinski definition) is 3. The van der Waals surface area contributed by atoms with Crippen LogP contribution in [0.3, 0.4) is 0 Å². The molecular formula is C26H23N3O5. The van der Waals surface area contributed by atoms with Gasteiger partial charge in [0.1, 0.15) is 5.75 Å². The number of methoxy groups -OCH3 is 1. The molecule has 1 heterocycles. The maximum Gasteiger partial charge on any atom is 0.338 e. The number of esters is 1. The Morgan fingerprint density at radius 1 is 0.971 bits per heavy atom. The molecule has 0 saturated heterocycles. The van der Waals surface area contributed by atoms with E-state index >= 15 is 0 Å². The molecule has 4 aromatic rings. The van der Waals surface area contributed by atoms with E-state index in [1.807, 2.05) is 12.1 Å². The lowest BCUT2D eigenvalue weighted by atomic mass is 9.99. The number of aromatic nitrogens is 1. The van der Waals surface area contributed by atoms with E-state index in [1.54, 1.807) is 67.7 Å². The number of ether oxygens (including phenoxy) is 2. The number of phenolic OH excluding ortho intramolecular Hbond substituents is 1. The van der Waals surface area contributed by atoms with Crippen LogP contribution in [0.2, 0.25) is 0 Å². The number of fused-ring (bicyclic) bond motifs is 1. The lowest BCUT2D eigenvalue weighted by Gasteiger charge is -2.13. The van der Waals surface area contributed by atoms with E-state index < -0.39 is 12.0 Å². The quantitative estimate of drug-likeness (QED) is 0.333. The minimum atomic E-state index is -0.443. The van der Waals surface area contributed by atoms with Crippen LogP contribution in [0.15, 0.2) is 72.9 Å². The van der Waals surface area contributed by atoms with Crippen LogP contribution in [0.1, 0.15) is 17.3 Å². The number of nitrogens with zero attached hydrogens (tertiary/aromatic N) is 1. The Kier molecular flexibility index (Phi) is 6.59. The molecule has 0 unspecified atom stereocenters. The van der Waals surface area contributed by atoms with Crippen LogP contribution in [0, 0.1) is 0 Å². The fraction of sp³-hybridized carbons (Fsp3) is 0.115. The van der Waals surface area contributed by atoms with Crippen LogP contribution in [0.5, 0.6) is 11.6 Å². The lowest BCUT2D eigenvalue weighted by molar-refractivity contribution is 0.0526. The third-order valence-electron chi connectivity index (χ3n) is 5.13. The zero-order valence-electron chi connectivity index (χ0n) is 18.7. The molecule has 0 aliphatic carbocycles. The van der Waals surface area contributed by atoms with E-state index in [-0.39, 0.29) is 5.75 Å². The van der Waals surface area contributed by atoms with Crippen molar-refractivity contribution >= 4 is 34.1 Å². The third kappa shape index (κ3) is 4.75. The number of anilines is 2. The topological polar surface area (TPSA) is 110 Å². The average Bonchev–Trinajstić information content (AvgIpc) is 2.84. The summed E-state index contributed by atoms with van der Waals surface area (Å²) in [5, 5.41) is 17.3. The lowest BCUT2D eigenvalue weighted by Crippen LogP contribution is -2.19. The van der Waals surface area contributed by atoms with E-state index in [9.17, 15) is 14.7 Å². The molecule has 0 spiro atoms. The third-order valence-corrected chi connectivity index (χ3v) is 5.13. The van der Waals surface area contributed by atoms with E-state index in [0.29, 0.717) is 45.8 Å². The van der Waals surface area contributed by atoms with E-state index in [2.05, 4.69) is 15.6 Å². The van der Waals surface area contributed by atoms with Crippen molar-refractivity contribution in [2.24, 2.45) is 0 Å². The molecule has 3 aromatic carbocycles. The smallest absolute Gasteiger partial charge is 0.338 e. The Balaban J connectivity index is 1.54. The second kappa shape index (κ2) is 9.91. The van der Waals surface area contributed by atoms with Gasteiger partial charge >= 0.3 is 12.0 Å². The van der Waals surface area contributed by atoms with Gasteiger partial charge in [-0.05, 0) is 61.0 Å². The number of amides is 2. The first-order chi connectivity index (χ1) is 16.5. The monoisotopic (exact) mass is 457 g/mol. The molecule has 2 amide bonds. The van der Waals surface area contributed by atoms with Crippen molar-refractivity contribution in [3.05, 3.63) is 78.5 Å². The zero-order chi connectivity index (χ0) is 24.1. The van der Waals surface area contributed by atoms with Crippen molar-refractivity contribution in [1.82, 2.24) is 4.98 Å². The normalized spacial score (nSPS) is 10.5. The summed E-state index contributed by atoms with van der Waals surface area (Å²) in [5.41, 5.74) is 2.95. The molecule has 0 bridgehead atoms. The minimum absolute atomic E-state index is 0.107. The van der Waals surface area contributed by atoms with Gasteiger partial charge in [0.15, 0.2) is 0 Å². The fourth-order valence-corrected chi connectivity index (χ4v) is 3.60. The van der Waals surface area contributed by atoms with Gasteiger partial charge < -0.3 is 25.2 Å². The van der Waals surface area contributed by atoms with E-state index in [1.165, 1.54) is 7.11 Å². The SMILES string of the molecule is CCOC(=O)c1ccc(NC(=O)Nc2cccc(-c3cnc(OC)c4cccc(O)c34)c2)cc1. The van der Waals surface area contributed by atoms with E-state index in [4.69, 9.17) is 9.47 Å². The predicted molar refractivity (Wildman–Crippen MR) is 130 cm³/mol. The van der Waals surface area contributed by atoms with Crippen LogP contribution in [-0.4, -0.2) is 35.8 Å². The number of rotatable bonds is 6. The van der Waals surface area contributed by atoms with Gasteiger partial charge in [-0.25, -0.2) is 14.6 Å². The zero-order valence-corrected chi connectivity index (χ0v) is 18.7. The number of urea groups is 1. The van der Waals surface area contributed by atoms with Gasteiger partial charge in [-0.1, -0.05) is 18.2 Å². The summed E-state index contributed by atoms with van der Waals surface area (Å²) < 4.78 is 10.3. The highest BCUT2D eigenvalue weighted by Crippen LogP contribution is 2.38. The Morgan fingerprint density at radius 2 is 1.71 bits per heavy atom. The molecule has 8 nitrogen and oxygen atoms in total. The number of carbonyl (C=O) groups is 2. The predicted octanol–water partition coefficient (Wildman–Crippen LogP) is 5.44. The van der Waals surface area contributed by atoms with Gasteiger partial charge in [0, 0.05) is 33.9 Å². The average molecular weight is 457 g/mol. The van der Waals surface area contributed by atoms with Crippen molar-refractivity contribution in [1.29, 1.82) is 0 Å². The van der Waals surface area contributed by atoms with Gasteiger partial charge in [-0.2, -0.15) is 0 Å². The van der Waals surface area contributed by atoms with Crippen molar-refractivity contribution in [2.45, 2.75) is 6.92 Å². The highest BCUT2D eigenvalue weighted by molar-refractivity contribution is 6.04. The summed E-state index contributed by atoms with van der Waals surface area (Å²) in [6.45, 7) is 2.03. The van der Waals surface area contributed by atoms with Crippen molar-refractivity contribution in [2.75, 3.05) is 24.4 Å². The fourth-order valence-electron chi connectivity index (χ4n) is 3.60. The molecule has 0 atom stereocenters. The van der Waals surface area contributed by atoms with Gasteiger partial charge in [0.05, 0.1) is 19.3 Å².